The van der Waals surface area contributed by atoms with Crippen LogP contribution in [0.5, 0.6) is 11.5 Å². The predicted molar refractivity (Wildman–Crippen MR) is 116 cm³/mol. The molecule has 1 aromatic carbocycles. The third-order valence-corrected chi connectivity index (χ3v) is 5.68. The van der Waals surface area contributed by atoms with E-state index in [0.29, 0.717) is 17.2 Å². The van der Waals surface area contributed by atoms with Crippen molar-refractivity contribution in [3.63, 3.8) is 0 Å². The molecule has 1 unspecified atom stereocenters. The van der Waals surface area contributed by atoms with Gasteiger partial charge in [-0.2, -0.15) is 0 Å². The smallest absolute Gasteiger partial charge is 0.258 e. The minimum Gasteiger partial charge on any atom is -0.497 e. The fraction of sp³-hybridized carbons (Fsp3) is 0.227. The molecule has 1 atom stereocenters. The minimum atomic E-state index is -1.56. The highest BCUT2D eigenvalue weighted by Gasteiger charge is 2.19. The topological polar surface area (TPSA) is 90.4 Å². The largest absolute Gasteiger partial charge is 0.497 e. The molecule has 0 saturated heterocycles. The normalized spacial score (nSPS) is 11.6. The Hall–Kier alpha value is -3.26. The van der Waals surface area contributed by atoms with Gasteiger partial charge in [0.05, 0.1) is 36.3 Å². The molecule has 7 nitrogen and oxygen atoms in total. The van der Waals surface area contributed by atoms with Crippen LogP contribution in [-0.4, -0.2) is 34.3 Å². The van der Waals surface area contributed by atoms with Crippen LogP contribution in [0.15, 0.2) is 53.7 Å². The third-order valence-electron chi connectivity index (χ3n) is 4.35. The molecule has 30 heavy (non-hydrogen) atoms. The van der Waals surface area contributed by atoms with Gasteiger partial charge in [0.15, 0.2) is 0 Å². The molecule has 0 aliphatic carbocycles. The molecule has 3 rings (SSSR count). The van der Waals surface area contributed by atoms with E-state index in [1.54, 1.807) is 56.7 Å². The predicted octanol–water partition coefficient (Wildman–Crippen LogP) is 3.67. The van der Waals surface area contributed by atoms with Crippen molar-refractivity contribution in [3.05, 3.63) is 71.2 Å². The van der Waals surface area contributed by atoms with Gasteiger partial charge in [-0.3, -0.25) is 14.0 Å². The summed E-state index contributed by atoms with van der Waals surface area (Å²) in [5, 5.41) is 3.06. The first-order chi connectivity index (χ1) is 14.4. The second-order valence-electron chi connectivity index (χ2n) is 6.62. The lowest BCUT2D eigenvalue weighted by Gasteiger charge is -2.12. The van der Waals surface area contributed by atoms with Crippen LogP contribution in [0.25, 0.3) is 0 Å². The summed E-state index contributed by atoms with van der Waals surface area (Å²) in [5.41, 5.74) is 3.21. The van der Waals surface area contributed by atoms with Crippen LogP contribution in [0.3, 0.4) is 0 Å². The zero-order valence-corrected chi connectivity index (χ0v) is 18.1. The number of pyridine rings is 2. The fourth-order valence-electron chi connectivity index (χ4n) is 3.03. The highest BCUT2D eigenvalue weighted by molar-refractivity contribution is 7.84. The first-order valence-corrected chi connectivity index (χ1v) is 10.5. The number of carbonyl (C=O) groups excluding carboxylic acids is 1. The summed E-state index contributed by atoms with van der Waals surface area (Å²) in [4.78, 5) is 21.4. The van der Waals surface area contributed by atoms with E-state index < -0.39 is 10.8 Å². The highest BCUT2D eigenvalue weighted by atomic mass is 32.2. The van der Waals surface area contributed by atoms with Gasteiger partial charge in [0.25, 0.3) is 5.91 Å². The van der Waals surface area contributed by atoms with Gasteiger partial charge in [-0.1, -0.05) is 6.07 Å². The molecule has 2 heterocycles. The number of hydrogen-bond acceptors (Lipinski definition) is 6. The van der Waals surface area contributed by atoms with E-state index in [-0.39, 0.29) is 22.2 Å². The number of methoxy groups -OCH3 is 2. The molecule has 3 aromatic rings. The summed E-state index contributed by atoms with van der Waals surface area (Å²) in [6, 6.07) is 12.1. The summed E-state index contributed by atoms with van der Waals surface area (Å²) in [5.74, 6) is 0.977. The van der Waals surface area contributed by atoms with Gasteiger partial charge in [-0.25, -0.2) is 4.98 Å². The number of ether oxygens (including phenoxy) is 2. The van der Waals surface area contributed by atoms with Gasteiger partial charge >= 0.3 is 0 Å². The number of benzene rings is 1. The molecule has 0 aliphatic heterocycles. The molecule has 0 fully saturated rings. The van der Waals surface area contributed by atoms with E-state index in [4.69, 9.17) is 9.47 Å². The number of aryl methyl sites for hydroxylation is 2. The van der Waals surface area contributed by atoms with Gasteiger partial charge < -0.3 is 14.8 Å². The standard InChI is InChI=1S/C22H23N3O4S/c1-14-10-17(11-15(2)24-14)25-21(26)19-6-5-9-23-22(19)30(27)13-16-7-8-18(28-3)12-20(16)29-4/h5-12H,13H2,1-4H3,(H,24,25,26). The average molecular weight is 426 g/mol. The minimum absolute atomic E-state index is 0.151. The lowest BCUT2D eigenvalue weighted by Crippen LogP contribution is -2.16. The van der Waals surface area contributed by atoms with Crippen molar-refractivity contribution in [2.24, 2.45) is 0 Å². The molecule has 1 N–H and O–H groups in total. The Morgan fingerprint density at radius 3 is 2.47 bits per heavy atom. The lowest BCUT2D eigenvalue weighted by molar-refractivity contribution is 0.102. The van der Waals surface area contributed by atoms with E-state index in [2.05, 4.69) is 15.3 Å². The third kappa shape index (κ3) is 5.01. The average Bonchev–Trinajstić information content (AvgIpc) is 2.73. The van der Waals surface area contributed by atoms with Gasteiger partial charge in [-0.15, -0.1) is 0 Å². The van der Waals surface area contributed by atoms with Gasteiger partial charge in [0, 0.05) is 34.9 Å². The first-order valence-electron chi connectivity index (χ1n) is 9.22. The van der Waals surface area contributed by atoms with Crippen LogP contribution in [-0.2, 0) is 16.6 Å². The summed E-state index contributed by atoms with van der Waals surface area (Å²) in [6.07, 6.45) is 1.52. The second-order valence-corrected chi connectivity index (χ2v) is 7.98. The molecular weight excluding hydrogens is 402 g/mol. The maximum atomic E-state index is 13.1. The second kappa shape index (κ2) is 9.49. The van der Waals surface area contributed by atoms with Crippen molar-refractivity contribution in [2.45, 2.75) is 24.6 Å². The molecular formula is C22H23N3O4S. The molecule has 0 spiro atoms. The molecule has 0 saturated carbocycles. The summed E-state index contributed by atoms with van der Waals surface area (Å²) >= 11 is 0. The summed E-state index contributed by atoms with van der Waals surface area (Å²) < 4.78 is 23.7. The molecule has 1 amide bonds. The number of amides is 1. The summed E-state index contributed by atoms with van der Waals surface area (Å²) in [7, 11) is 1.55. The van der Waals surface area contributed by atoms with E-state index in [1.165, 1.54) is 6.20 Å². The number of nitrogens with zero attached hydrogens (tertiary/aromatic N) is 2. The number of anilines is 1. The Labute approximate surface area is 177 Å². The zero-order chi connectivity index (χ0) is 21.7. The van der Waals surface area contributed by atoms with Crippen molar-refractivity contribution in [2.75, 3.05) is 19.5 Å². The molecule has 0 radical (unpaired) electrons. The molecule has 8 heteroatoms. The Balaban J connectivity index is 1.85. The monoisotopic (exact) mass is 425 g/mol. The van der Waals surface area contributed by atoms with Crippen molar-refractivity contribution in [3.8, 4) is 11.5 Å². The van der Waals surface area contributed by atoms with Crippen molar-refractivity contribution >= 4 is 22.4 Å². The van der Waals surface area contributed by atoms with Crippen molar-refractivity contribution in [1.82, 2.24) is 9.97 Å². The van der Waals surface area contributed by atoms with E-state index >= 15 is 0 Å². The number of nitrogens with one attached hydrogen (secondary N) is 1. The SMILES string of the molecule is COc1ccc(CS(=O)c2ncccc2C(=O)Nc2cc(C)nc(C)c2)c(OC)c1. The molecule has 2 aromatic heterocycles. The highest BCUT2D eigenvalue weighted by Crippen LogP contribution is 2.27. The van der Waals surface area contributed by atoms with Crippen molar-refractivity contribution < 1.29 is 18.5 Å². The van der Waals surface area contributed by atoms with Crippen molar-refractivity contribution in [1.29, 1.82) is 0 Å². The number of carbonyl (C=O) groups is 1. The zero-order valence-electron chi connectivity index (χ0n) is 17.3. The number of hydrogen-bond donors (Lipinski definition) is 1. The van der Waals surface area contributed by atoms with Crippen LogP contribution < -0.4 is 14.8 Å². The van der Waals surface area contributed by atoms with Gasteiger partial charge in [-0.05, 0) is 44.2 Å². The van der Waals surface area contributed by atoms with E-state index in [1.807, 2.05) is 13.8 Å². The van der Waals surface area contributed by atoms with Crippen LogP contribution in [0.1, 0.15) is 27.3 Å². The Morgan fingerprint density at radius 2 is 1.80 bits per heavy atom. The Morgan fingerprint density at radius 1 is 1.07 bits per heavy atom. The quantitative estimate of drug-likeness (QED) is 0.621. The van der Waals surface area contributed by atoms with E-state index in [9.17, 15) is 9.00 Å². The molecule has 156 valence electrons. The first kappa shape index (κ1) is 21.4. The number of aromatic nitrogens is 2. The maximum absolute atomic E-state index is 13.1. The van der Waals surface area contributed by atoms with Gasteiger partial charge in [0.1, 0.15) is 16.5 Å². The molecule has 0 aliphatic rings. The number of rotatable bonds is 7. The van der Waals surface area contributed by atoms with Crippen LogP contribution >= 0.6 is 0 Å². The maximum Gasteiger partial charge on any atom is 0.258 e. The Bertz CT molecular complexity index is 1080. The Kier molecular flexibility index (Phi) is 6.79. The summed E-state index contributed by atoms with van der Waals surface area (Å²) in [6.45, 7) is 3.71. The van der Waals surface area contributed by atoms with Crippen LogP contribution in [0.4, 0.5) is 5.69 Å². The van der Waals surface area contributed by atoms with Gasteiger partial charge in [0.2, 0.25) is 0 Å². The van der Waals surface area contributed by atoms with E-state index in [0.717, 1.165) is 17.0 Å². The van der Waals surface area contributed by atoms with Crippen LogP contribution in [0.2, 0.25) is 0 Å². The lowest BCUT2D eigenvalue weighted by atomic mass is 10.2. The fourth-order valence-corrected chi connectivity index (χ4v) is 4.27. The van der Waals surface area contributed by atoms with Crippen LogP contribution in [0, 0.1) is 13.8 Å². The molecule has 0 bridgehead atoms.